The van der Waals surface area contributed by atoms with E-state index in [0.717, 1.165) is 23.4 Å². The van der Waals surface area contributed by atoms with Crippen molar-refractivity contribution in [3.63, 3.8) is 0 Å². The molecule has 1 aliphatic rings. The Morgan fingerprint density at radius 1 is 1.30 bits per heavy atom. The number of aromatic nitrogens is 1. The number of hydrogen-bond donors (Lipinski definition) is 1. The summed E-state index contributed by atoms with van der Waals surface area (Å²) in [5, 5.41) is 21.4. The number of rotatable bonds is 10. The number of halogens is 1. The third-order valence-electron chi connectivity index (χ3n) is 6.90. The first kappa shape index (κ1) is 26.7. The highest BCUT2D eigenvalue weighted by molar-refractivity contribution is 7.89. The van der Waals surface area contributed by atoms with Gasteiger partial charge < -0.3 is 14.4 Å². The topological polar surface area (TPSA) is 132 Å². The molecule has 0 saturated carbocycles. The Kier molecular flexibility index (Phi) is 7.62. The molecular formula is C25H28FN3O7S. The van der Waals surface area contributed by atoms with Crippen LogP contribution in [0.25, 0.3) is 10.9 Å². The van der Waals surface area contributed by atoms with Gasteiger partial charge in [0, 0.05) is 48.4 Å². The number of nitro groups is 1. The molecule has 0 fully saturated rings. The van der Waals surface area contributed by atoms with Crippen LogP contribution in [0, 0.1) is 15.9 Å². The van der Waals surface area contributed by atoms with Crippen molar-refractivity contribution < 1.29 is 32.4 Å². The predicted octanol–water partition coefficient (Wildman–Crippen LogP) is 3.92. The fourth-order valence-electron chi connectivity index (χ4n) is 5.17. The minimum atomic E-state index is -4.05. The molecular weight excluding hydrogens is 505 g/mol. The molecule has 1 aromatic heterocycles. The zero-order chi connectivity index (χ0) is 26.9. The molecule has 2 unspecified atom stereocenters. The van der Waals surface area contributed by atoms with Gasteiger partial charge in [-0.2, -0.15) is 4.31 Å². The maximum atomic E-state index is 14.3. The fraction of sp³-hybridized carbons (Fsp3) is 0.400. The van der Waals surface area contributed by atoms with Crippen LogP contribution in [-0.2, 0) is 32.4 Å². The SMILES string of the molecule is CCC(C(=O)O)n1c2c(c3cc(F)ccc31)CC(N(CCOC)S(=O)(=O)c1ccc([N+](=O)[O-])cc1)CC2. The lowest BCUT2D eigenvalue weighted by Gasteiger charge is -2.34. The maximum absolute atomic E-state index is 14.3. The van der Waals surface area contributed by atoms with Gasteiger partial charge in [-0.3, -0.25) is 10.1 Å². The van der Waals surface area contributed by atoms with Gasteiger partial charge in [-0.1, -0.05) is 6.92 Å². The molecule has 2 aromatic carbocycles. The second-order valence-corrected chi connectivity index (χ2v) is 10.9. The summed E-state index contributed by atoms with van der Waals surface area (Å²) >= 11 is 0. The Bertz CT molecular complexity index is 1440. The van der Waals surface area contributed by atoms with Crippen LogP contribution < -0.4 is 0 Å². The van der Waals surface area contributed by atoms with Crippen molar-refractivity contribution in [1.29, 1.82) is 0 Å². The molecule has 0 aliphatic heterocycles. The third-order valence-corrected chi connectivity index (χ3v) is 8.86. The van der Waals surface area contributed by atoms with E-state index in [-0.39, 0.29) is 30.2 Å². The van der Waals surface area contributed by atoms with E-state index in [2.05, 4.69) is 0 Å². The number of nitro benzene ring substituents is 1. The molecule has 0 bridgehead atoms. The largest absolute Gasteiger partial charge is 0.480 e. The van der Waals surface area contributed by atoms with E-state index < -0.39 is 38.8 Å². The average Bonchev–Trinajstić information content (AvgIpc) is 3.17. The van der Waals surface area contributed by atoms with Crippen molar-refractivity contribution in [3.8, 4) is 0 Å². The van der Waals surface area contributed by atoms with Crippen molar-refractivity contribution in [2.24, 2.45) is 0 Å². The zero-order valence-corrected chi connectivity index (χ0v) is 21.3. The molecule has 1 heterocycles. The quantitative estimate of drug-likeness (QED) is 0.309. The number of ether oxygens (including phenoxy) is 1. The first-order chi connectivity index (χ1) is 17.6. The summed E-state index contributed by atoms with van der Waals surface area (Å²) in [5.74, 6) is -1.45. The molecule has 4 rings (SSSR count). The molecule has 1 N–H and O–H groups in total. The third kappa shape index (κ3) is 4.96. The van der Waals surface area contributed by atoms with E-state index in [0.29, 0.717) is 30.2 Å². The Morgan fingerprint density at radius 3 is 2.59 bits per heavy atom. The second-order valence-electron chi connectivity index (χ2n) is 8.98. The van der Waals surface area contributed by atoms with Crippen molar-refractivity contribution in [2.45, 2.75) is 49.6 Å². The highest BCUT2D eigenvalue weighted by Crippen LogP contribution is 2.38. The van der Waals surface area contributed by atoms with Gasteiger partial charge >= 0.3 is 5.97 Å². The lowest BCUT2D eigenvalue weighted by atomic mass is 9.91. The van der Waals surface area contributed by atoms with E-state index in [9.17, 15) is 32.8 Å². The zero-order valence-electron chi connectivity index (χ0n) is 20.5. The van der Waals surface area contributed by atoms with Gasteiger partial charge in [0.15, 0.2) is 0 Å². The summed E-state index contributed by atoms with van der Waals surface area (Å²) in [6.07, 6.45) is 1.41. The average molecular weight is 534 g/mol. The van der Waals surface area contributed by atoms with Gasteiger partial charge in [-0.15, -0.1) is 0 Å². The first-order valence-corrected chi connectivity index (χ1v) is 13.3. The van der Waals surface area contributed by atoms with Crippen LogP contribution in [0.4, 0.5) is 10.1 Å². The van der Waals surface area contributed by atoms with E-state index in [1.807, 2.05) is 0 Å². The summed E-state index contributed by atoms with van der Waals surface area (Å²) in [5.41, 5.74) is 1.88. The molecule has 10 nitrogen and oxygen atoms in total. The molecule has 2 atom stereocenters. The van der Waals surface area contributed by atoms with E-state index >= 15 is 0 Å². The van der Waals surface area contributed by atoms with Crippen LogP contribution in [0.15, 0.2) is 47.4 Å². The van der Waals surface area contributed by atoms with Gasteiger partial charge in [-0.05, 0) is 61.6 Å². The maximum Gasteiger partial charge on any atom is 0.326 e. The molecule has 0 amide bonds. The minimum Gasteiger partial charge on any atom is -0.480 e. The van der Waals surface area contributed by atoms with E-state index in [1.165, 1.54) is 35.7 Å². The number of non-ortho nitro benzene ring substituents is 1. The number of carbonyl (C=O) groups is 1. The first-order valence-electron chi connectivity index (χ1n) is 11.9. The van der Waals surface area contributed by atoms with Gasteiger partial charge in [0.2, 0.25) is 10.0 Å². The summed E-state index contributed by atoms with van der Waals surface area (Å²) in [4.78, 5) is 22.4. The summed E-state index contributed by atoms with van der Waals surface area (Å²) < 4.78 is 49.8. The monoisotopic (exact) mass is 533 g/mol. The Labute approximate surface area is 213 Å². The molecule has 3 aromatic rings. The van der Waals surface area contributed by atoms with Crippen LogP contribution in [0.1, 0.15) is 37.1 Å². The van der Waals surface area contributed by atoms with Crippen molar-refractivity contribution in [3.05, 3.63) is 69.7 Å². The van der Waals surface area contributed by atoms with E-state index in [1.54, 1.807) is 17.6 Å². The number of nitrogens with zero attached hydrogens (tertiary/aromatic N) is 3. The van der Waals surface area contributed by atoms with Crippen LogP contribution in [0.5, 0.6) is 0 Å². The van der Waals surface area contributed by atoms with Crippen LogP contribution >= 0.6 is 0 Å². The number of methoxy groups -OCH3 is 1. The predicted molar refractivity (Wildman–Crippen MR) is 134 cm³/mol. The number of fused-ring (bicyclic) bond motifs is 3. The Hall–Kier alpha value is -3.35. The summed E-state index contributed by atoms with van der Waals surface area (Å²) in [6, 6.07) is 7.60. The highest BCUT2D eigenvalue weighted by atomic mass is 32.2. The number of carboxylic acids is 1. The molecule has 37 heavy (non-hydrogen) atoms. The molecule has 198 valence electrons. The molecule has 0 saturated heterocycles. The fourth-order valence-corrected chi connectivity index (χ4v) is 6.81. The van der Waals surface area contributed by atoms with Crippen LogP contribution in [-0.4, -0.2) is 59.6 Å². The van der Waals surface area contributed by atoms with Crippen molar-refractivity contribution in [2.75, 3.05) is 20.3 Å². The van der Waals surface area contributed by atoms with Gasteiger partial charge in [0.1, 0.15) is 11.9 Å². The number of carboxylic acid groups (broad SMARTS) is 1. The minimum absolute atomic E-state index is 0.0511. The number of aliphatic carboxylic acids is 1. The Balaban J connectivity index is 1.78. The number of sulfonamides is 1. The standard InChI is InChI=1S/C25H28FN3O7S/c1-3-22(25(30)31)28-23-10-4-16(26)14-20(23)21-15-18(7-11-24(21)28)27(12-13-36-2)37(34,35)19-8-5-17(6-9-19)29(32)33/h4-6,8-10,14,18,22H,3,7,11-13,15H2,1-2H3,(H,30,31). The summed E-state index contributed by atoms with van der Waals surface area (Å²) in [6.45, 7) is 1.95. The molecule has 1 aliphatic carbocycles. The number of hydrogen-bond acceptors (Lipinski definition) is 6. The lowest BCUT2D eigenvalue weighted by molar-refractivity contribution is -0.384. The van der Waals surface area contributed by atoms with E-state index in [4.69, 9.17) is 4.74 Å². The highest BCUT2D eigenvalue weighted by Gasteiger charge is 2.37. The molecule has 12 heteroatoms. The van der Waals surface area contributed by atoms with Gasteiger partial charge in [-0.25, -0.2) is 17.6 Å². The van der Waals surface area contributed by atoms with Crippen molar-refractivity contribution >= 4 is 32.6 Å². The smallest absolute Gasteiger partial charge is 0.326 e. The lowest BCUT2D eigenvalue weighted by Crippen LogP contribution is -2.45. The van der Waals surface area contributed by atoms with Crippen LogP contribution in [0.2, 0.25) is 0 Å². The summed E-state index contributed by atoms with van der Waals surface area (Å²) in [7, 11) is -2.59. The molecule has 0 radical (unpaired) electrons. The normalized spacial score (nSPS) is 16.6. The van der Waals surface area contributed by atoms with Gasteiger partial charge in [0.05, 0.1) is 16.4 Å². The van der Waals surface area contributed by atoms with Crippen molar-refractivity contribution in [1.82, 2.24) is 8.87 Å². The number of benzene rings is 2. The van der Waals surface area contributed by atoms with Crippen LogP contribution in [0.3, 0.4) is 0 Å². The second kappa shape index (κ2) is 10.6. The molecule has 0 spiro atoms. The Morgan fingerprint density at radius 2 is 2.00 bits per heavy atom. The van der Waals surface area contributed by atoms with Gasteiger partial charge in [0.25, 0.3) is 5.69 Å².